The van der Waals surface area contributed by atoms with E-state index in [1.807, 2.05) is 30.3 Å². The molecule has 9 heteroatoms. The predicted octanol–water partition coefficient (Wildman–Crippen LogP) is 3.83. The summed E-state index contributed by atoms with van der Waals surface area (Å²) >= 11 is 0. The highest BCUT2D eigenvalue weighted by molar-refractivity contribution is 7.93. The molecule has 4 rings (SSSR count). The summed E-state index contributed by atoms with van der Waals surface area (Å²) in [6.45, 7) is 0.173. The number of rotatable bonds is 9. The number of nitro groups is 1. The molecule has 0 atom stereocenters. The molecule has 0 saturated heterocycles. The van der Waals surface area contributed by atoms with Gasteiger partial charge in [-0.25, -0.2) is 13.2 Å². The summed E-state index contributed by atoms with van der Waals surface area (Å²) < 4.78 is 36.6. The minimum atomic E-state index is -4.11. The largest absolute Gasteiger partial charge is 0.459 e. The first-order chi connectivity index (χ1) is 14.8. The van der Waals surface area contributed by atoms with Crippen molar-refractivity contribution in [3.05, 3.63) is 69.8 Å². The van der Waals surface area contributed by atoms with E-state index in [1.54, 1.807) is 0 Å². The van der Waals surface area contributed by atoms with E-state index in [-0.39, 0.29) is 24.9 Å². The Morgan fingerprint density at radius 1 is 1.13 bits per heavy atom. The summed E-state index contributed by atoms with van der Waals surface area (Å²) in [5.41, 5.74) is 0.356. The Balaban J connectivity index is 1.57. The summed E-state index contributed by atoms with van der Waals surface area (Å²) in [5, 5.41) is 11.5. The second-order valence-electron chi connectivity index (χ2n) is 8.06. The minimum absolute atomic E-state index is 0.00270. The van der Waals surface area contributed by atoms with Crippen molar-refractivity contribution < 1.29 is 27.6 Å². The Labute approximate surface area is 180 Å². The third kappa shape index (κ3) is 4.33. The van der Waals surface area contributed by atoms with Crippen molar-refractivity contribution in [2.45, 2.75) is 54.5 Å². The second-order valence-corrected chi connectivity index (χ2v) is 10.4. The van der Waals surface area contributed by atoms with Gasteiger partial charge in [-0.2, -0.15) is 0 Å². The van der Waals surface area contributed by atoms with Gasteiger partial charge in [-0.1, -0.05) is 30.3 Å². The Kier molecular flexibility index (Phi) is 5.81. The lowest BCUT2D eigenvalue weighted by atomic mass is 9.96. The molecule has 2 aliphatic rings. The van der Waals surface area contributed by atoms with Gasteiger partial charge in [0.05, 0.1) is 23.7 Å². The van der Waals surface area contributed by atoms with Gasteiger partial charge in [0.2, 0.25) is 0 Å². The zero-order valence-corrected chi connectivity index (χ0v) is 17.7. The van der Waals surface area contributed by atoms with E-state index < -0.39 is 36.1 Å². The van der Waals surface area contributed by atoms with Crippen LogP contribution in [0.2, 0.25) is 0 Å². The van der Waals surface area contributed by atoms with E-state index >= 15 is 0 Å². The molecular formula is C22H23NO7S. The Morgan fingerprint density at radius 3 is 2.42 bits per heavy atom. The van der Waals surface area contributed by atoms with Gasteiger partial charge in [-0.05, 0) is 49.8 Å². The number of carbonyl (C=O) groups excluding carboxylic acids is 1. The number of hydrogen-bond donors (Lipinski definition) is 0. The van der Waals surface area contributed by atoms with Crippen LogP contribution in [-0.4, -0.2) is 36.8 Å². The molecule has 0 spiro atoms. The molecule has 31 heavy (non-hydrogen) atoms. The maximum absolute atomic E-state index is 13.4. The van der Waals surface area contributed by atoms with E-state index in [0.717, 1.165) is 37.0 Å². The molecule has 2 saturated carbocycles. The normalized spacial score (nSPS) is 17.5. The van der Waals surface area contributed by atoms with Crippen LogP contribution in [-0.2, 0) is 25.9 Å². The number of nitro benzene ring substituents is 1. The van der Waals surface area contributed by atoms with E-state index in [9.17, 15) is 23.3 Å². The third-order valence-electron chi connectivity index (χ3n) is 5.86. The fourth-order valence-electron chi connectivity index (χ4n) is 3.51. The topological polar surface area (TPSA) is 113 Å². The van der Waals surface area contributed by atoms with Crippen LogP contribution < -0.4 is 0 Å². The molecule has 8 nitrogen and oxygen atoms in total. The SMILES string of the molecule is O=C(OC1CCC1)c1ccc([N+](=O)[O-])c(S(=O)(=O)C2(COCc3ccccc3)CC2)c1. The van der Waals surface area contributed by atoms with E-state index in [1.165, 1.54) is 6.07 Å². The summed E-state index contributed by atoms with van der Waals surface area (Å²) in [5.74, 6) is -0.666. The summed E-state index contributed by atoms with van der Waals surface area (Å²) in [7, 11) is -4.11. The van der Waals surface area contributed by atoms with Crippen LogP contribution in [0, 0.1) is 10.1 Å². The molecule has 0 bridgehead atoms. The highest BCUT2D eigenvalue weighted by Crippen LogP contribution is 2.49. The van der Waals surface area contributed by atoms with Crippen molar-refractivity contribution in [2.24, 2.45) is 0 Å². The smallest absolute Gasteiger partial charge is 0.338 e. The monoisotopic (exact) mass is 445 g/mol. The van der Waals surface area contributed by atoms with Gasteiger partial charge in [0, 0.05) is 6.07 Å². The van der Waals surface area contributed by atoms with E-state index in [2.05, 4.69) is 0 Å². The van der Waals surface area contributed by atoms with Crippen molar-refractivity contribution in [1.82, 2.24) is 0 Å². The average molecular weight is 445 g/mol. The van der Waals surface area contributed by atoms with Gasteiger partial charge in [0.1, 0.15) is 15.7 Å². The highest BCUT2D eigenvalue weighted by atomic mass is 32.2. The molecule has 0 amide bonds. The number of carbonyl (C=O) groups is 1. The maximum atomic E-state index is 13.4. The number of nitrogens with zero attached hydrogens (tertiary/aromatic N) is 1. The second kappa shape index (κ2) is 8.39. The lowest BCUT2D eigenvalue weighted by molar-refractivity contribution is -0.387. The van der Waals surface area contributed by atoms with Gasteiger partial charge in [-0.15, -0.1) is 0 Å². The van der Waals surface area contributed by atoms with Gasteiger partial charge >= 0.3 is 5.97 Å². The van der Waals surface area contributed by atoms with Crippen LogP contribution in [0.3, 0.4) is 0 Å². The predicted molar refractivity (Wildman–Crippen MR) is 111 cm³/mol. The lowest BCUT2D eigenvalue weighted by Gasteiger charge is -2.25. The first-order valence-corrected chi connectivity index (χ1v) is 11.7. The number of ether oxygens (including phenoxy) is 2. The standard InChI is InChI=1S/C22H23NO7S/c24-21(30-18-7-4-8-18)17-9-10-19(23(25)26)20(13-17)31(27,28)22(11-12-22)15-29-14-16-5-2-1-3-6-16/h1-3,5-6,9-10,13,18H,4,7-8,11-12,14-15H2. The van der Waals surface area contributed by atoms with Crippen molar-refractivity contribution in [2.75, 3.05) is 6.61 Å². The van der Waals surface area contributed by atoms with Gasteiger partial charge in [0.25, 0.3) is 5.69 Å². The van der Waals surface area contributed by atoms with E-state index in [0.29, 0.717) is 12.8 Å². The van der Waals surface area contributed by atoms with Crippen LogP contribution in [0.5, 0.6) is 0 Å². The van der Waals surface area contributed by atoms with Crippen molar-refractivity contribution >= 4 is 21.5 Å². The molecule has 164 valence electrons. The molecule has 0 N–H and O–H groups in total. The van der Waals surface area contributed by atoms with Crippen LogP contribution in [0.1, 0.15) is 48.0 Å². The van der Waals surface area contributed by atoms with Crippen LogP contribution in [0.4, 0.5) is 5.69 Å². The molecule has 0 aromatic heterocycles. The number of benzene rings is 2. The molecule has 0 radical (unpaired) electrons. The van der Waals surface area contributed by atoms with Crippen molar-refractivity contribution in [3.8, 4) is 0 Å². The van der Waals surface area contributed by atoms with Crippen LogP contribution in [0.15, 0.2) is 53.4 Å². The first-order valence-electron chi connectivity index (χ1n) is 10.2. The molecule has 2 fully saturated rings. The molecule has 2 aromatic rings. The Bertz CT molecular complexity index is 1090. The minimum Gasteiger partial charge on any atom is -0.459 e. The lowest BCUT2D eigenvalue weighted by Crippen LogP contribution is -2.30. The summed E-state index contributed by atoms with van der Waals surface area (Å²) in [6, 6.07) is 12.7. The highest BCUT2D eigenvalue weighted by Gasteiger charge is 2.57. The fourth-order valence-corrected chi connectivity index (χ4v) is 5.55. The maximum Gasteiger partial charge on any atom is 0.338 e. The molecule has 0 heterocycles. The summed E-state index contributed by atoms with van der Waals surface area (Å²) in [6.07, 6.45) is 3.03. The van der Waals surface area contributed by atoms with Crippen LogP contribution in [0.25, 0.3) is 0 Å². The fraction of sp³-hybridized carbons (Fsp3) is 0.409. The van der Waals surface area contributed by atoms with Crippen molar-refractivity contribution in [1.29, 1.82) is 0 Å². The number of sulfone groups is 1. The van der Waals surface area contributed by atoms with Crippen LogP contribution >= 0.6 is 0 Å². The van der Waals surface area contributed by atoms with Gasteiger partial charge in [0.15, 0.2) is 9.84 Å². The zero-order chi connectivity index (χ0) is 22.1. The molecule has 0 unspecified atom stereocenters. The Hall–Kier alpha value is -2.78. The van der Waals surface area contributed by atoms with Crippen molar-refractivity contribution in [3.63, 3.8) is 0 Å². The van der Waals surface area contributed by atoms with Gasteiger partial charge < -0.3 is 9.47 Å². The first kappa shape index (κ1) is 21.5. The third-order valence-corrected chi connectivity index (χ3v) is 8.43. The Morgan fingerprint density at radius 2 is 1.84 bits per heavy atom. The number of esters is 1. The quantitative estimate of drug-likeness (QED) is 0.327. The zero-order valence-electron chi connectivity index (χ0n) is 16.9. The molecule has 2 aliphatic carbocycles. The van der Waals surface area contributed by atoms with E-state index in [4.69, 9.17) is 9.47 Å². The molecule has 0 aliphatic heterocycles. The van der Waals surface area contributed by atoms with Gasteiger partial charge in [-0.3, -0.25) is 10.1 Å². The average Bonchev–Trinajstić information content (AvgIpc) is 3.52. The number of hydrogen-bond acceptors (Lipinski definition) is 7. The molecular weight excluding hydrogens is 422 g/mol. The summed E-state index contributed by atoms with van der Waals surface area (Å²) in [4.78, 5) is 22.7. The molecule has 2 aromatic carbocycles.